The zero-order valence-electron chi connectivity index (χ0n) is 10.5. The average Bonchev–Trinajstić information content (AvgIpc) is 2.76. The second-order valence-corrected chi connectivity index (χ2v) is 5.05. The Morgan fingerprint density at radius 3 is 2.94 bits per heavy atom. The van der Waals surface area contributed by atoms with E-state index in [1.165, 1.54) is 13.0 Å². The largest absolute Gasteiger partial charge is 0.465 e. The van der Waals surface area contributed by atoms with E-state index < -0.39 is 0 Å². The van der Waals surface area contributed by atoms with Gasteiger partial charge in [-0.3, -0.25) is 4.90 Å². The Bertz CT molecular complexity index is 332. The molecule has 90 valence electrons. The zero-order valence-corrected chi connectivity index (χ0v) is 10.5. The number of nitrogens with one attached hydrogen (secondary N) is 1. The van der Waals surface area contributed by atoms with Crippen LogP contribution < -0.4 is 5.32 Å². The number of rotatable bonds is 4. The summed E-state index contributed by atoms with van der Waals surface area (Å²) in [6, 6.07) is 5.35. The number of likely N-dealkylation sites (tertiary alicyclic amines) is 1. The minimum absolute atomic E-state index is 0.579. The molecule has 0 aliphatic carbocycles. The SMILES string of the molecule is Cc1ccc(CN2CCC(NC(C)C)C2)o1. The smallest absolute Gasteiger partial charge is 0.118 e. The van der Waals surface area contributed by atoms with Crippen molar-refractivity contribution in [2.75, 3.05) is 13.1 Å². The molecule has 1 unspecified atom stereocenters. The maximum atomic E-state index is 5.60. The summed E-state index contributed by atoms with van der Waals surface area (Å²) in [5.41, 5.74) is 0. The van der Waals surface area contributed by atoms with Gasteiger partial charge in [0.1, 0.15) is 11.5 Å². The highest BCUT2D eigenvalue weighted by Crippen LogP contribution is 2.15. The van der Waals surface area contributed by atoms with Crippen LogP contribution in [0.2, 0.25) is 0 Å². The van der Waals surface area contributed by atoms with Gasteiger partial charge in [0.05, 0.1) is 6.54 Å². The summed E-state index contributed by atoms with van der Waals surface area (Å²) in [4.78, 5) is 2.46. The molecule has 0 saturated carbocycles. The van der Waals surface area contributed by atoms with E-state index in [2.05, 4.69) is 30.1 Å². The van der Waals surface area contributed by atoms with Gasteiger partial charge in [-0.05, 0) is 25.5 Å². The van der Waals surface area contributed by atoms with Crippen LogP contribution >= 0.6 is 0 Å². The van der Waals surface area contributed by atoms with E-state index in [0.717, 1.165) is 24.6 Å². The van der Waals surface area contributed by atoms with E-state index in [-0.39, 0.29) is 0 Å². The molecule has 2 heterocycles. The lowest BCUT2D eigenvalue weighted by molar-refractivity contribution is 0.285. The standard InChI is InChI=1S/C13H22N2O/c1-10(2)14-12-6-7-15(8-12)9-13-5-4-11(3)16-13/h4-5,10,12,14H,6-9H2,1-3H3. The van der Waals surface area contributed by atoms with Gasteiger partial charge < -0.3 is 9.73 Å². The van der Waals surface area contributed by atoms with E-state index in [1.807, 2.05) is 13.0 Å². The van der Waals surface area contributed by atoms with Crippen LogP contribution in [0.25, 0.3) is 0 Å². The van der Waals surface area contributed by atoms with Gasteiger partial charge in [0.15, 0.2) is 0 Å². The molecule has 3 heteroatoms. The highest BCUT2D eigenvalue weighted by molar-refractivity contribution is 5.05. The Morgan fingerprint density at radius 2 is 2.31 bits per heavy atom. The molecule has 1 aromatic heterocycles. The fourth-order valence-corrected chi connectivity index (χ4v) is 2.37. The first-order valence-electron chi connectivity index (χ1n) is 6.17. The molecule has 1 saturated heterocycles. The van der Waals surface area contributed by atoms with Crippen LogP contribution in [0.15, 0.2) is 16.5 Å². The van der Waals surface area contributed by atoms with Crippen molar-refractivity contribution in [3.05, 3.63) is 23.7 Å². The molecule has 0 aromatic carbocycles. The fourth-order valence-electron chi connectivity index (χ4n) is 2.37. The van der Waals surface area contributed by atoms with Crippen molar-refractivity contribution in [3.63, 3.8) is 0 Å². The van der Waals surface area contributed by atoms with Crippen LogP contribution in [0, 0.1) is 6.92 Å². The number of nitrogens with zero attached hydrogens (tertiary/aromatic N) is 1. The van der Waals surface area contributed by atoms with Crippen molar-refractivity contribution < 1.29 is 4.42 Å². The predicted octanol–water partition coefficient (Wildman–Crippen LogP) is 2.16. The van der Waals surface area contributed by atoms with Crippen LogP contribution in [0.4, 0.5) is 0 Å². The lowest BCUT2D eigenvalue weighted by Gasteiger charge is -2.17. The van der Waals surface area contributed by atoms with Gasteiger partial charge in [-0.2, -0.15) is 0 Å². The number of hydrogen-bond acceptors (Lipinski definition) is 3. The summed E-state index contributed by atoms with van der Waals surface area (Å²) >= 11 is 0. The molecule has 3 nitrogen and oxygen atoms in total. The van der Waals surface area contributed by atoms with Gasteiger partial charge in [-0.15, -0.1) is 0 Å². The summed E-state index contributed by atoms with van der Waals surface area (Å²) in [5.74, 6) is 2.09. The van der Waals surface area contributed by atoms with E-state index in [9.17, 15) is 0 Å². The van der Waals surface area contributed by atoms with Crippen molar-refractivity contribution in [1.29, 1.82) is 0 Å². The molecule has 1 N–H and O–H groups in total. The highest BCUT2D eigenvalue weighted by atomic mass is 16.3. The minimum atomic E-state index is 0.579. The van der Waals surface area contributed by atoms with E-state index in [1.54, 1.807) is 0 Å². The molecule has 1 aromatic rings. The topological polar surface area (TPSA) is 28.4 Å². The molecular formula is C13H22N2O. The van der Waals surface area contributed by atoms with Gasteiger partial charge in [-0.25, -0.2) is 0 Å². The molecule has 16 heavy (non-hydrogen) atoms. The first-order valence-corrected chi connectivity index (χ1v) is 6.17. The number of aryl methyl sites for hydroxylation is 1. The summed E-state index contributed by atoms with van der Waals surface area (Å²) < 4.78 is 5.60. The molecular weight excluding hydrogens is 200 g/mol. The van der Waals surface area contributed by atoms with Gasteiger partial charge in [0, 0.05) is 25.2 Å². The first kappa shape index (κ1) is 11.7. The zero-order chi connectivity index (χ0) is 11.5. The third-order valence-corrected chi connectivity index (χ3v) is 3.02. The molecule has 0 radical (unpaired) electrons. The second-order valence-electron chi connectivity index (χ2n) is 5.05. The minimum Gasteiger partial charge on any atom is -0.465 e. The van der Waals surface area contributed by atoms with Crippen molar-refractivity contribution in [3.8, 4) is 0 Å². The Kier molecular flexibility index (Phi) is 3.66. The normalized spacial score (nSPS) is 22.1. The van der Waals surface area contributed by atoms with Crippen LogP contribution in [0.5, 0.6) is 0 Å². The van der Waals surface area contributed by atoms with E-state index in [4.69, 9.17) is 4.42 Å². The number of hydrogen-bond donors (Lipinski definition) is 1. The number of furan rings is 1. The summed E-state index contributed by atoms with van der Waals surface area (Å²) in [7, 11) is 0. The molecule has 0 bridgehead atoms. The van der Waals surface area contributed by atoms with Crippen molar-refractivity contribution in [1.82, 2.24) is 10.2 Å². The first-order chi connectivity index (χ1) is 7.63. The van der Waals surface area contributed by atoms with E-state index in [0.29, 0.717) is 12.1 Å². The van der Waals surface area contributed by atoms with Crippen LogP contribution in [0.3, 0.4) is 0 Å². The Balaban J connectivity index is 1.80. The third kappa shape index (κ3) is 3.09. The Morgan fingerprint density at radius 1 is 1.50 bits per heavy atom. The third-order valence-electron chi connectivity index (χ3n) is 3.02. The summed E-state index contributed by atoms with van der Waals surface area (Å²) in [5, 5.41) is 3.59. The van der Waals surface area contributed by atoms with Crippen molar-refractivity contribution in [2.24, 2.45) is 0 Å². The quantitative estimate of drug-likeness (QED) is 0.846. The summed E-state index contributed by atoms with van der Waals surface area (Å²) in [6.45, 7) is 9.67. The van der Waals surface area contributed by atoms with Crippen LogP contribution in [-0.2, 0) is 6.54 Å². The van der Waals surface area contributed by atoms with Gasteiger partial charge in [-0.1, -0.05) is 13.8 Å². The fraction of sp³-hybridized carbons (Fsp3) is 0.692. The average molecular weight is 222 g/mol. The maximum absolute atomic E-state index is 5.60. The Hall–Kier alpha value is -0.800. The molecule has 2 rings (SSSR count). The Labute approximate surface area is 97.8 Å². The molecule has 1 fully saturated rings. The molecule has 0 spiro atoms. The van der Waals surface area contributed by atoms with Crippen molar-refractivity contribution in [2.45, 2.75) is 45.8 Å². The molecule has 1 aliphatic rings. The van der Waals surface area contributed by atoms with Crippen LogP contribution in [0.1, 0.15) is 31.8 Å². The van der Waals surface area contributed by atoms with Crippen molar-refractivity contribution >= 4 is 0 Å². The highest BCUT2D eigenvalue weighted by Gasteiger charge is 2.23. The van der Waals surface area contributed by atoms with Crippen LogP contribution in [-0.4, -0.2) is 30.1 Å². The molecule has 1 aliphatic heterocycles. The molecule has 0 amide bonds. The predicted molar refractivity (Wildman–Crippen MR) is 65.4 cm³/mol. The lowest BCUT2D eigenvalue weighted by Crippen LogP contribution is -2.36. The second kappa shape index (κ2) is 5.02. The van der Waals surface area contributed by atoms with Gasteiger partial charge in [0.2, 0.25) is 0 Å². The van der Waals surface area contributed by atoms with Gasteiger partial charge in [0.25, 0.3) is 0 Å². The maximum Gasteiger partial charge on any atom is 0.118 e. The lowest BCUT2D eigenvalue weighted by atomic mass is 10.2. The van der Waals surface area contributed by atoms with E-state index >= 15 is 0 Å². The summed E-state index contributed by atoms with van der Waals surface area (Å²) in [6.07, 6.45) is 1.25. The monoisotopic (exact) mass is 222 g/mol. The molecule has 1 atom stereocenters. The van der Waals surface area contributed by atoms with Gasteiger partial charge >= 0.3 is 0 Å².